The number of hydrazone groups is 1. The average molecular weight is 269 g/mol. The predicted octanol–water partition coefficient (Wildman–Crippen LogP) is 3.60. The van der Waals surface area contributed by atoms with Crippen LogP contribution in [0.25, 0.3) is 0 Å². The van der Waals surface area contributed by atoms with Gasteiger partial charge in [0.2, 0.25) is 0 Å². The highest BCUT2D eigenvalue weighted by Crippen LogP contribution is 2.25. The second-order valence-electron chi connectivity index (χ2n) is 5.75. The van der Waals surface area contributed by atoms with E-state index in [9.17, 15) is 0 Å². The second kappa shape index (κ2) is 7.09. The molecule has 3 nitrogen and oxygen atoms in total. The molecule has 0 spiro atoms. The first-order valence-corrected chi connectivity index (χ1v) is 7.43. The molecule has 1 aliphatic rings. The van der Waals surface area contributed by atoms with Crippen molar-refractivity contribution in [1.82, 2.24) is 5.01 Å². The Morgan fingerprint density at radius 2 is 1.95 bits per heavy atom. The molecule has 1 aliphatic carbocycles. The number of benzene rings is 1. The number of nitrogens with zero attached hydrogens (tertiary/aromatic N) is 3. The first kappa shape index (κ1) is 14.6. The molecular formula is C17H23N3. The van der Waals surface area contributed by atoms with Gasteiger partial charge in [0.25, 0.3) is 0 Å². The Hall–Kier alpha value is -1.82. The van der Waals surface area contributed by atoms with Crippen molar-refractivity contribution in [2.75, 3.05) is 14.1 Å². The molecule has 1 unspecified atom stereocenters. The van der Waals surface area contributed by atoms with Gasteiger partial charge in [0.15, 0.2) is 0 Å². The van der Waals surface area contributed by atoms with Crippen molar-refractivity contribution in [3.63, 3.8) is 0 Å². The maximum atomic E-state index is 8.85. The molecule has 0 aromatic heterocycles. The third kappa shape index (κ3) is 4.09. The topological polar surface area (TPSA) is 39.4 Å². The molecule has 1 atom stereocenters. The Balaban J connectivity index is 2.12. The van der Waals surface area contributed by atoms with E-state index in [1.165, 1.54) is 37.0 Å². The standard InChI is InChI=1S/C17H23N3/c1-20(2)19-17-7-5-3-4-6-16(17)12-14-8-10-15(13-18)11-9-14/h8-11,16H,3-7,12H2,1-2H3/b19-17-. The van der Waals surface area contributed by atoms with Crippen LogP contribution < -0.4 is 0 Å². The SMILES string of the molecule is CN(C)/N=C1/CCCCCC1Cc1ccc(C#N)cc1. The molecule has 1 aromatic carbocycles. The van der Waals surface area contributed by atoms with Gasteiger partial charge in [-0.2, -0.15) is 10.4 Å². The quantitative estimate of drug-likeness (QED) is 0.621. The van der Waals surface area contributed by atoms with Gasteiger partial charge >= 0.3 is 0 Å². The van der Waals surface area contributed by atoms with Gasteiger partial charge in [-0.25, -0.2) is 0 Å². The summed E-state index contributed by atoms with van der Waals surface area (Å²) in [6.45, 7) is 0. The summed E-state index contributed by atoms with van der Waals surface area (Å²) in [7, 11) is 3.99. The predicted molar refractivity (Wildman–Crippen MR) is 82.6 cm³/mol. The zero-order chi connectivity index (χ0) is 14.4. The highest BCUT2D eigenvalue weighted by Gasteiger charge is 2.20. The van der Waals surface area contributed by atoms with Crippen LogP contribution in [-0.2, 0) is 6.42 Å². The van der Waals surface area contributed by atoms with Crippen molar-refractivity contribution in [2.45, 2.75) is 38.5 Å². The molecule has 0 heterocycles. The van der Waals surface area contributed by atoms with E-state index in [0.717, 1.165) is 18.4 Å². The van der Waals surface area contributed by atoms with Gasteiger partial charge in [-0.1, -0.05) is 25.0 Å². The minimum Gasteiger partial charge on any atom is -0.303 e. The summed E-state index contributed by atoms with van der Waals surface area (Å²) < 4.78 is 0. The minimum absolute atomic E-state index is 0.549. The molecule has 1 aromatic rings. The largest absolute Gasteiger partial charge is 0.303 e. The zero-order valence-corrected chi connectivity index (χ0v) is 12.5. The minimum atomic E-state index is 0.549. The van der Waals surface area contributed by atoms with Crippen molar-refractivity contribution >= 4 is 5.71 Å². The van der Waals surface area contributed by atoms with Gasteiger partial charge in [0.05, 0.1) is 11.6 Å². The first-order chi connectivity index (χ1) is 9.69. The van der Waals surface area contributed by atoms with Crippen LogP contribution in [-0.4, -0.2) is 24.8 Å². The maximum absolute atomic E-state index is 8.85. The van der Waals surface area contributed by atoms with E-state index < -0.39 is 0 Å². The summed E-state index contributed by atoms with van der Waals surface area (Å²) in [4.78, 5) is 0. The van der Waals surface area contributed by atoms with Gasteiger partial charge in [-0.3, -0.25) is 0 Å². The van der Waals surface area contributed by atoms with Crippen LogP contribution in [0, 0.1) is 17.2 Å². The fourth-order valence-electron chi connectivity index (χ4n) is 2.85. The lowest BCUT2D eigenvalue weighted by Crippen LogP contribution is -2.19. The Bertz CT molecular complexity index is 494. The van der Waals surface area contributed by atoms with Gasteiger partial charge in [-0.05, 0) is 43.4 Å². The van der Waals surface area contributed by atoms with E-state index in [1.54, 1.807) is 0 Å². The van der Waals surface area contributed by atoms with E-state index in [-0.39, 0.29) is 0 Å². The first-order valence-electron chi connectivity index (χ1n) is 7.43. The van der Waals surface area contributed by atoms with Crippen molar-refractivity contribution in [1.29, 1.82) is 5.26 Å². The molecule has 0 N–H and O–H groups in total. The number of nitriles is 1. The van der Waals surface area contributed by atoms with Gasteiger partial charge in [-0.15, -0.1) is 0 Å². The van der Waals surface area contributed by atoms with E-state index in [1.807, 2.05) is 31.2 Å². The molecule has 0 aliphatic heterocycles. The number of rotatable bonds is 3. The van der Waals surface area contributed by atoms with Crippen molar-refractivity contribution in [2.24, 2.45) is 11.0 Å². The smallest absolute Gasteiger partial charge is 0.0991 e. The van der Waals surface area contributed by atoms with E-state index in [4.69, 9.17) is 10.4 Å². The summed E-state index contributed by atoms with van der Waals surface area (Å²) in [5, 5.41) is 15.5. The highest BCUT2D eigenvalue weighted by atomic mass is 15.4. The lowest BCUT2D eigenvalue weighted by Gasteiger charge is -2.19. The Morgan fingerprint density at radius 3 is 2.60 bits per heavy atom. The fourth-order valence-corrected chi connectivity index (χ4v) is 2.85. The molecular weight excluding hydrogens is 246 g/mol. The summed E-state index contributed by atoms with van der Waals surface area (Å²) in [6, 6.07) is 10.2. The number of hydrogen-bond donors (Lipinski definition) is 0. The molecule has 1 fully saturated rings. The normalized spacial score (nSPS) is 21.2. The Morgan fingerprint density at radius 1 is 1.20 bits per heavy atom. The van der Waals surface area contributed by atoms with Gasteiger partial charge < -0.3 is 5.01 Å². The molecule has 0 bridgehead atoms. The van der Waals surface area contributed by atoms with Crippen LogP contribution in [0.2, 0.25) is 0 Å². The lowest BCUT2D eigenvalue weighted by molar-refractivity contribution is 0.428. The van der Waals surface area contributed by atoms with Gasteiger partial charge in [0.1, 0.15) is 0 Å². The molecule has 3 heteroatoms. The van der Waals surface area contributed by atoms with E-state index >= 15 is 0 Å². The van der Waals surface area contributed by atoms with Crippen molar-refractivity contribution in [3.8, 4) is 6.07 Å². The Kier molecular flexibility index (Phi) is 5.17. The monoisotopic (exact) mass is 269 g/mol. The second-order valence-corrected chi connectivity index (χ2v) is 5.75. The molecule has 0 radical (unpaired) electrons. The third-order valence-electron chi connectivity index (χ3n) is 3.85. The lowest BCUT2D eigenvalue weighted by atomic mass is 9.90. The molecule has 20 heavy (non-hydrogen) atoms. The summed E-state index contributed by atoms with van der Waals surface area (Å²) in [5.41, 5.74) is 3.39. The average Bonchev–Trinajstić information content (AvgIpc) is 2.65. The van der Waals surface area contributed by atoms with E-state index in [0.29, 0.717) is 5.92 Å². The summed E-state index contributed by atoms with van der Waals surface area (Å²) >= 11 is 0. The van der Waals surface area contributed by atoms with Crippen LogP contribution in [0.3, 0.4) is 0 Å². The van der Waals surface area contributed by atoms with Crippen LogP contribution >= 0.6 is 0 Å². The molecule has 0 saturated heterocycles. The van der Waals surface area contributed by atoms with Crippen molar-refractivity contribution in [3.05, 3.63) is 35.4 Å². The van der Waals surface area contributed by atoms with Crippen molar-refractivity contribution < 1.29 is 0 Å². The van der Waals surface area contributed by atoms with Crippen LogP contribution in [0.5, 0.6) is 0 Å². The fraction of sp³-hybridized carbons (Fsp3) is 0.529. The van der Waals surface area contributed by atoms with Crippen LogP contribution in [0.4, 0.5) is 0 Å². The summed E-state index contributed by atoms with van der Waals surface area (Å²) in [6.07, 6.45) is 7.27. The summed E-state index contributed by atoms with van der Waals surface area (Å²) in [5.74, 6) is 0.549. The highest BCUT2D eigenvalue weighted by molar-refractivity contribution is 5.87. The Labute approximate surface area is 121 Å². The third-order valence-corrected chi connectivity index (χ3v) is 3.85. The molecule has 106 valence electrons. The maximum Gasteiger partial charge on any atom is 0.0991 e. The van der Waals surface area contributed by atoms with Crippen LogP contribution in [0.15, 0.2) is 29.4 Å². The van der Waals surface area contributed by atoms with E-state index in [2.05, 4.69) is 18.2 Å². The zero-order valence-electron chi connectivity index (χ0n) is 12.5. The molecule has 0 amide bonds. The number of hydrogen-bond acceptors (Lipinski definition) is 3. The van der Waals surface area contributed by atoms with Crippen LogP contribution in [0.1, 0.15) is 43.2 Å². The van der Waals surface area contributed by atoms with Gasteiger partial charge in [0, 0.05) is 25.7 Å². The molecule has 1 saturated carbocycles. The molecule has 2 rings (SSSR count).